The van der Waals surface area contributed by atoms with Crippen molar-refractivity contribution in [3.05, 3.63) is 71.3 Å². The van der Waals surface area contributed by atoms with Gasteiger partial charge < -0.3 is 10.2 Å². The first-order valence-electron chi connectivity index (χ1n) is 9.60. The summed E-state index contributed by atoms with van der Waals surface area (Å²) in [5, 5.41) is 2.99. The van der Waals surface area contributed by atoms with Gasteiger partial charge in [-0.15, -0.1) is 0 Å². The van der Waals surface area contributed by atoms with Crippen LogP contribution >= 0.6 is 0 Å². The summed E-state index contributed by atoms with van der Waals surface area (Å²) in [6.45, 7) is 8.23. The lowest BCUT2D eigenvalue weighted by Gasteiger charge is -2.30. The highest BCUT2D eigenvalue weighted by Crippen LogP contribution is 2.13. The molecule has 0 unspecified atom stereocenters. The third-order valence-electron chi connectivity index (χ3n) is 4.80. The van der Waals surface area contributed by atoms with Gasteiger partial charge in [0.25, 0.3) is 0 Å². The summed E-state index contributed by atoms with van der Waals surface area (Å²) < 4.78 is 0. The topological polar surface area (TPSA) is 49.4 Å². The molecule has 2 aromatic rings. The van der Waals surface area contributed by atoms with Crippen LogP contribution in [0.25, 0.3) is 0 Å². The van der Waals surface area contributed by atoms with E-state index >= 15 is 0 Å². The highest BCUT2D eigenvalue weighted by Gasteiger charge is 2.26. The van der Waals surface area contributed by atoms with Crippen LogP contribution in [0, 0.1) is 6.92 Å². The molecule has 2 amide bonds. The molecule has 144 valence electrons. The largest absolute Gasteiger partial charge is 0.352 e. The summed E-state index contributed by atoms with van der Waals surface area (Å²) in [4.78, 5) is 27.4. The van der Waals surface area contributed by atoms with Crippen LogP contribution in [-0.2, 0) is 22.6 Å². The lowest BCUT2D eigenvalue weighted by Crippen LogP contribution is -2.49. The Morgan fingerprint density at radius 1 is 1.00 bits per heavy atom. The van der Waals surface area contributed by atoms with Crippen molar-refractivity contribution in [3.8, 4) is 0 Å². The van der Waals surface area contributed by atoms with E-state index in [0.29, 0.717) is 6.54 Å². The number of hydrogen-bond acceptors (Lipinski definition) is 2. The van der Waals surface area contributed by atoms with E-state index < -0.39 is 6.04 Å². The van der Waals surface area contributed by atoms with Crippen molar-refractivity contribution in [2.75, 3.05) is 0 Å². The Hall–Kier alpha value is -2.62. The van der Waals surface area contributed by atoms with Crippen LogP contribution in [0.2, 0.25) is 0 Å². The predicted octanol–water partition coefficient (Wildman–Crippen LogP) is 3.87. The van der Waals surface area contributed by atoms with Crippen LogP contribution < -0.4 is 5.32 Å². The van der Waals surface area contributed by atoms with Gasteiger partial charge in [-0.2, -0.15) is 0 Å². The van der Waals surface area contributed by atoms with Gasteiger partial charge >= 0.3 is 0 Å². The summed E-state index contributed by atoms with van der Waals surface area (Å²) in [6.07, 6.45) is 1.14. The molecular weight excluding hydrogens is 336 g/mol. The number of nitrogens with one attached hydrogen (secondary N) is 1. The minimum absolute atomic E-state index is 0.0451. The quantitative estimate of drug-likeness (QED) is 0.771. The fourth-order valence-corrected chi connectivity index (χ4v) is 2.93. The first kappa shape index (κ1) is 20.7. The summed E-state index contributed by atoms with van der Waals surface area (Å²) in [7, 11) is 0. The zero-order valence-corrected chi connectivity index (χ0v) is 16.7. The molecule has 0 saturated carbocycles. The van der Waals surface area contributed by atoms with Gasteiger partial charge in [-0.25, -0.2) is 0 Å². The number of hydrogen-bond donors (Lipinski definition) is 1. The maximum absolute atomic E-state index is 13.1. The van der Waals surface area contributed by atoms with E-state index in [4.69, 9.17) is 0 Å². The van der Waals surface area contributed by atoms with Crippen molar-refractivity contribution in [1.29, 1.82) is 0 Å². The van der Waals surface area contributed by atoms with Crippen LogP contribution in [0.15, 0.2) is 54.6 Å². The van der Waals surface area contributed by atoms with Gasteiger partial charge in [0.15, 0.2) is 0 Å². The molecule has 0 fully saturated rings. The molecular formula is C23H30N2O2. The molecule has 27 heavy (non-hydrogen) atoms. The minimum Gasteiger partial charge on any atom is -0.352 e. The molecule has 0 saturated heterocycles. The molecule has 1 N–H and O–H groups in total. The smallest absolute Gasteiger partial charge is 0.242 e. The Morgan fingerprint density at radius 2 is 1.67 bits per heavy atom. The second-order valence-corrected chi connectivity index (χ2v) is 7.17. The van der Waals surface area contributed by atoms with E-state index in [9.17, 15) is 9.59 Å². The Kier molecular flexibility index (Phi) is 7.59. The molecule has 0 aromatic heterocycles. The first-order chi connectivity index (χ1) is 12.9. The maximum atomic E-state index is 13.1. The fourth-order valence-electron chi connectivity index (χ4n) is 2.93. The molecule has 0 spiro atoms. The SMILES string of the molecule is CC[C@@H](C)NC(=O)[C@@H](C)N(Cc1ccccc1)C(=O)Cc1cccc(C)c1. The number of carbonyl (C=O) groups is 2. The summed E-state index contributed by atoms with van der Waals surface area (Å²) >= 11 is 0. The van der Waals surface area contributed by atoms with E-state index in [2.05, 4.69) is 5.32 Å². The van der Waals surface area contributed by atoms with Gasteiger partial charge in [0, 0.05) is 12.6 Å². The lowest BCUT2D eigenvalue weighted by atomic mass is 10.1. The lowest BCUT2D eigenvalue weighted by molar-refractivity contribution is -0.140. The van der Waals surface area contributed by atoms with Crippen molar-refractivity contribution in [2.45, 2.75) is 59.2 Å². The number of nitrogens with zero attached hydrogens (tertiary/aromatic N) is 1. The second-order valence-electron chi connectivity index (χ2n) is 7.17. The van der Waals surface area contributed by atoms with E-state index in [1.54, 1.807) is 11.8 Å². The van der Waals surface area contributed by atoms with Crippen LogP contribution in [0.3, 0.4) is 0 Å². The van der Waals surface area contributed by atoms with Gasteiger partial charge in [0.05, 0.1) is 6.42 Å². The number of amides is 2. The van der Waals surface area contributed by atoms with Crippen LogP contribution in [0.5, 0.6) is 0 Å². The highest BCUT2D eigenvalue weighted by molar-refractivity contribution is 5.88. The van der Waals surface area contributed by atoms with Crippen molar-refractivity contribution in [2.24, 2.45) is 0 Å². The predicted molar refractivity (Wildman–Crippen MR) is 109 cm³/mol. The monoisotopic (exact) mass is 366 g/mol. The standard InChI is InChI=1S/C23H30N2O2/c1-5-18(3)24-23(27)19(4)25(16-20-11-7-6-8-12-20)22(26)15-21-13-9-10-17(2)14-21/h6-14,18-19H,5,15-16H2,1-4H3,(H,24,27)/t18-,19-/m1/s1. The number of carbonyl (C=O) groups excluding carboxylic acids is 2. The molecule has 0 bridgehead atoms. The van der Waals surface area contributed by atoms with E-state index in [0.717, 1.165) is 23.1 Å². The number of benzene rings is 2. The van der Waals surface area contributed by atoms with Gasteiger partial charge in [0.2, 0.25) is 11.8 Å². The Morgan fingerprint density at radius 3 is 2.30 bits per heavy atom. The zero-order chi connectivity index (χ0) is 19.8. The molecule has 0 aliphatic heterocycles. The molecule has 0 aliphatic rings. The first-order valence-corrected chi connectivity index (χ1v) is 9.60. The average molecular weight is 367 g/mol. The Balaban J connectivity index is 2.20. The number of rotatable bonds is 8. The fraction of sp³-hybridized carbons (Fsp3) is 0.391. The summed E-state index contributed by atoms with van der Waals surface area (Å²) in [5.74, 6) is -0.158. The van der Waals surface area contributed by atoms with Gasteiger partial charge in [-0.3, -0.25) is 9.59 Å². The molecule has 4 heteroatoms. The average Bonchev–Trinajstić information content (AvgIpc) is 2.66. The van der Waals surface area contributed by atoms with Crippen molar-refractivity contribution >= 4 is 11.8 Å². The maximum Gasteiger partial charge on any atom is 0.242 e. The van der Waals surface area contributed by atoms with Crippen LogP contribution in [0.1, 0.15) is 43.9 Å². The minimum atomic E-state index is -0.531. The molecule has 2 rings (SSSR count). The van der Waals surface area contributed by atoms with Crippen molar-refractivity contribution < 1.29 is 9.59 Å². The van der Waals surface area contributed by atoms with E-state index in [1.807, 2.05) is 75.4 Å². The molecule has 0 aliphatic carbocycles. The summed E-state index contributed by atoms with van der Waals surface area (Å²) in [6, 6.07) is 17.3. The zero-order valence-electron chi connectivity index (χ0n) is 16.7. The van der Waals surface area contributed by atoms with Crippen molar-refractivity contribution in [1.82, 2.24) is 10.2 Å². The van der Waals surface area contributed by atoms with E-state index in [-0.39, 0.29) is 24.3 Å². The Labute approximate surface area is 162 Å². The third-order valence-corrected chi connectivity index (χ3v) is 4.80. The van der Waals surface area contributed by atoms with Gasteiger partial charge in [-0.1, -0.05) is 67.1 Å². The summed E-state index contributed by atoms with van der Waals surface area (Å²) in [5.41, 5.74) is 3.10. The van der Waals surface area contributed by atoms with Gasteiger partial charge in [-0.05, 0) is 38.3 Å². The molecule has 0 heterocycles. The Bertz CT molecular complexity index is 758. The number of aryl methyl sites for hydroxylation is 1. The molecule has 2 aromatic carbocycles. The third kappa shape index (κ3) is 6.24. The normalized spacial score (nSPS) is 12.9. The highest BCUT2D eigenvalue weighted by atomic mass is 16.2. The van der Waals surface area contributed by atoms with Crippen LogP contribution in [0.4, 0.5) is 0 Å². The molecule has 0 radical (unpaired) electrons. The van der Waals surface area contributed by atoms with Gasteiger partial charge in [0.1, 0.15) is 6.04 Å². The van der Waals surface area contributed by atoms with Crippen LogP contribution in [-0.4, -0.2) is 28.8 Å². The molecule has 4 nitrogen and oxygen atoms in total. The second kappa shape index (κ2) is 9.91. The van der Waals surface area contributed by atoms with Crippen molar-refractivity contribution in [3.63, 3.8) is 0 Å². The van der Waals surface area contributed by atoms with E-state index in [1.165, 1.54) is 0 Å². The molecule has 2 atom stereocenters.